The molecule has 5 heterocycles. The number of fused-ring (bicyclic) bond motifs is 1. The first kappa shape index (κ1) is 27.1. The van der Waals surface area contributed by atoms with E-state index in [1.54, 1.807) is 6.20 Å². The standard InChI is InChI=1S/C29H39N7O3/c1-17(2)36-26-24(16-32-36)22(27(37)31-15-23-18(3)12-19(4)33-28(23)38)13-25(34-26)20-7-10-35(11-8-20)29(39)21-6-5-9-30-14-21/h12-13,16-17,20-21,30H,5-11,14-15H2,1-4H3,(H,31,37)(H,33,38). The number of rotatable bonds is 6. The Morgan fingerprint density at radius 1 is 1.15 bits per heavy atom. The van der Waals surface area contributed by atoms with Crippen LogP contribution in [-0.4, -0.2) is 62.6 Å². The van der Waals surface area contributed by atoms with Crippen LogP contribution in [0.1, 0.15) is 84.4 Å². The molecule has 0 aromatic carbocycles. The summed E-state index contributed by atoms with van der Waals surface area (Å²) in [6, 6.07) is 3.86. The van der Waals surface area contributed by atoms with Crippen molar-refractivity contribution in [1.29, 1.82) is 0 Å². The van der Waals surface area contributed by atoms with E-state index in [0.717, 1.165) is 55.7 Å². The largest absolute Gasteiger partial charge is 0.348 e. The van der Waals surface area contributed by atoms with Crippen LogP contribution < -0.4 is 16.2 Å². The second-order valence-corrected chi connectivity index (χ2v) is 11.3. The highest BCUT2D eigenvalue weighted by molar-refractivity contribution is 6.05. The van der Waals surface area contributed by atoms with Gasteiger partial charge in [0.05, 0.1) is 23.1 Å². The van der Waals surface area contributed by atoms with Crippen molar-refractivity contribution < 1.29 is 9.59 Å². The summed E-state index contributed by atoms with van der Waals surface area (Å²) in [6.45, 7) is 11.1. The SMILES string of the molecule is Cc1cc(C)c(CNC(=O)c2cc(C3CCN(C(=O)C4CCCNC4)CC3)nc3c2cnn3C(C)C)c(=O)[nH]1. The molecule has 39 heavy (non-hydrogen) atoms. The van der Waals surface area contributed by atoms with Gasteiger partial charge in [0.2, 0.25) is 5.91 Å². The minimum Gasteiger partial charge on any atom is -0.348 e. The van der Waals surface area contributed by atoms with Gasteiger partial charge < -0.3 is 20.5 Å². The number of H-pyrrole nitrogens is 1. The highest BCUT2D eigenvalue weighted by Crippen LogP contribution is 2.31. The van der Waals surface area contributed by atoms with Crippen molar-refractivity contribution in [3.8, 4) is 0 Å². The molecule has 2 aliphatic heterocycles. The van der Waals surface area contributed by atoms with Crippen LogP contribution in [0.15, 0.2) is 23.1 Å². The maximum Gasteiger partial charge on any atom is 0.253 e. The molecular weight excluding hydrogens is 494 g/mol. The van der Waals surface area contributed by atoms with Crippen molar-refractivity contribution >= 4 is 22.8 Å². The molecule has 10 nitrogen and oxygen atoms in total. The molecule has 0 radical (unpaired) electrons. The van der Waals surface area contributed by atoms with Crippen LogP contribution in [0, 0.1) is 19.8 Å². The number of carbonyl (C=O) groups excluding carboxylic acids is 2. The van der Waals surface area contributed by atoms with E-state index in [2.05, 4.69) is 20.7 Å². The Kier molecular flexibility index (Phi) is 7.83. The van der Waals surface area contributed by atoms with Gasteiger partial charge in [-0.05, 0) is 77.6 Å². The number of nitrogens with one attached hydrogen (secondary N) is 3. The van der Waals surface area contributed by atoms with E-state index in [1.807, 2.05) is 49.4 Å². The van der Waals surface area contributed by atoms with Crippen LogP contribution in [-0.2, 0) is 11.3 Å². The summed E-state index contributed by atoms with van der Waals surface area (Å²) in [7, 11) is 0. The third kappa shape index (κ3) is 5.61. The molecule has 3 N–H and O–H groups in total. The first-order valence-electron chi connectivity index (χ1n) is 14.1. The molecule has 1 unspecified atom stereocenters. The van der Waals surface area contributed by atoms with Crippen molar-refractivity contribution in [2.24, 2.45) is 5.92 Å². The van der Waals surface area contributed by atoms with Crippen molar-refractivity contribution in [3.05, 3.63) is 56.8 Å². The van der Waals surface area contributed by atoms with Gasteiger partial charge in [-0.25, -0.2) is 9.67 Å². The number of aromatic nitrogens is 4. The Bertz CT molecular complexity index is 1430. The predicted octanol–water partition coefficient (Wildman–Crippen LogP) is 2.95. The maximum absolute atomic E-state index is 13.5. The minimum absolute atomic E-state index is 0.0740. The van der Waals surface area contributed by atoms with Gasteiger partial charge in [-0.2, -0.15) is 5.10 Å². The van der Waals surface area contributed by atoms with Crippen LogP contribution in [0.4, 0.5) is 0 Å². The zero-order valence-corrected chi connectivity index (χ0v) is 23.3. The normalized spacial score (nSPS) is 18.6. The van der Waals surface area contributed by atoms with Gasteiger partial charge in [0.1, 0.15) is 0 Å². The summed E-state index contributed by atoms with van der Waals surface area (Å²) in [5.41, 5.74) is 4.03. The first-order valence-corrected chi connectivity index (χ1v) is 14.1. The number of piperidine rings is 2. The molecule has 10 heteroatoms. The zero-order valence-electron chi connectivity index (χ0n) is 23.3. The number of likely N-dealkylation sites (tertiary alicyclic amines) is 1. The minimum atomic E-state index is -0.260. The number of aromatic amines is 1. The lowest BCUT2D eigenvalue weighted by Gasteiger charge is -2.35. The Labute approximate surface area is 228 Å². The van der Waals surface area contributed by atoms with Crippen LogP contribution >= 0.6 is 0 Å². The predicted molar refractivity (Wildman–Crippen MR) is 150 cm³/mol. The topological polar surface area (TPSA) is 125 Å². The molecule has 0 spiro atoms. The quantitative estimate of drug-likeness (QED) is 0.448. The summed E-state index contributed by atoms with van der Waals surface area (Å²) in [4.78, 5) is 48.8. The summed E-state index contributed by atoms with van der Waals surface area (Å²) in [6.07, 6.45) is 5.31. The number of hydrogen-bond donors (Lipinski definition) is 3. The maximum atomic E-state index is 13.5. The van der Waals surface area contributed by atoms with Crippen LogP contribution in [0.3, 0.4) is 0 Å². The molecular formula is C29H39N7O3. The Morgan fingerprint density at radius 2 is 1.92 bits per heavy atom. The van der Waals surface area contributed by atoms with E-state index in [0.29, 0.717) is 35.2 Å². The smallest absolute Gasteiger partial charge is 0.253 e. The molecule has 0 saturated carbocycles. The first-order chi connectivity index (χ1) is 18.7. The fourth-order valence-electron chi connectivity index (χ4n) is 5.89. The monoisotopic (exact) mass is 533 g/mol. The molecule has 1 atom stereocenters. The molecule has 208 valence electrons. The summed E-state index contributed by atoms with van der Waals surface area (Å²) in [5.74, 6) is 0.212. The van der Waals surface area contributed by atoms with E-state index in [1.165, 1.54) is 0 Å². The average Bonchev–Trinajstić information content (AvgIpc) is 3.36. The fourth-order valence-corrected chi connectivity index (χ4v) is 5.89. The lowest BCUT2D eigenvalue weighted by molar-refractivity contribution is -0.137. The Hall–Kier alpha value is -3.53. The van der Waals surface area contributed by atoms with E-state index in [9.17, 15) is 14.4 Å². The fraction of sp³-hybridized carbons (Fsp3) is 0.552. The summed E-state index contributed by atoms with van der Waals surface area (Å²) in [5, 5.41) is 11.5. The lowest BCUT2D eigenvalue weighted by atomic mass is 9.90. The lowest BCUT2D eigenvalue weighted by Crippen LogP contribution is -2.45. The van der Waals surface area contributed by atoms with Crippen molar-refractivity contribution in [2.45, 2.75) is 71.9 Å². The van der Waals surface area contributed by atoms with Crippen molar-refractivity contribution in [2.75, 3.05) is 26.2 Å². The third-order valence-electron chi connectivity index (χ3n) is 8.11. The van der Waals surface area contributed by atoms with Gasteiger partial charge in [0, 0.05) is 55.1 Å². The van der Waals surface area contributed by atoms with Gasteiger partial charge in [-0.1, -0.05) is 0 Å². The number of nitrogens with zero attached hydrogens (tertiary/aromatic N) is 4. The van der Waals surface area contributed by atoms with Gasteiger partial charge in [-0.3, -0.25) is 14.4 Å². The summed E-state index contributed by atoms with van der Waals surface area (Å²) >= 11 is 0. The molecule has 5 rings (SSSR count). The van der Waals surface area contributed by atoms with E-state index >= 15 is 0 Å². The number of amides is 2. The molecule has 2 aliphatic rings. The van der Waals surface area contributed by atoms with Crippen LogP contribution in [0.25, 0.3) is 11.0 Å². The number of carbonyl (C=O) groups is 2. The molecule has 0 aliphatic carbocycles. The molecule has 2 amide bonds. The van der Waals surface area contributed by atoms with E-state index in [4.69, 9.17) is 4.98 Å². The molecule has 3 aromatic rings. The number of aryl methyl sites for hydroxylation is 2. The van der Waals surface area contributed by atoms with Crippen molar-refractivity contribution in [3.63, 3.8) is 0 Å². The molecule has 0 bridgehead atoms. The highest BCUT2D eigenvalue weighted by Gasteiger charge is 2.31. The average molecular weight is 534 g/mol. The number of pyridine rings is 2. The van der Waals surface area contributed by atoms with Crippen LogP contribution in [0.5, 0.6) is 0 Å². The van der Waals surface area contributed by atoms with E-state index < -0.39 is 0 Å². The summed E-state index contributed by atoms with van der Waals surface area (Å²) < 4.78 is 1.85. The molecule has 2 fully saturated rings. The zero-order chi connectivity index (χ0) is 27.7. The van der Waals surface area contributed by atoms with Crippen LogP contribution in [0.2, 0.25) is 0 Å². The van der Waals surface area contributed by atoms with Gasteiger partial charge >= 0.3 is 0 Å². The highest BCUT2D eigenvalue weighted by atomic mass is 16.2. The second-order valence-electron chi connectivity index (χ2n) is 11.3. The van der Waals surface area contributed by atoms with E-state index in [-0.39, 0.29) is 41.8 Å². The Morgan fingerprint density at radius 3 is 2.59 bits per heavy atom. The van der Waals surface area contributed by atoms with Gasteiger partial charge in [-0.15, -0.1) is 0 Å². The van der Waals surface area contributed by atoms with Gasteiger partial charge in [0.15, 0.2) is 5.65 Å². The number of hydrogen-bond acceptors (Lipinski definition) is 6. The third-order valence-corrected chi connectivity index (χ3v) is 8.11. The van der Waals surface area contributed by atoms with Gasteiger partial charge in [0.25, 0.3) is 11.5 Å². The second kappa shape index (κ2) is 11.3. The molecule has 2 saturated heterocycles. The Balaban J connectivity index is 1.38. The molecule has 3 aromatic heterocycles. The van der Waals surface area contributed by atoms with Crippen molar-refractivity contribution in [1.82, 2.24) is 35.3 Å².